The third-order valence-electron chi connectivity index (χ3n) is 4.55. The number of halogens is 3. The van der Waals surface area contributed by atoms with Gasteiger partial charge in [-0.3, -0.25) is 0 Å². The maximum atomic E-state index is 9.56. The highest BCUT2D eigenvalue weighted by molar-refractivity contribution is 6.37. The molecule has 0 aromatic heterocycles. The van der Waals surface area contributed by atoms with Crippen molar-refractivity contribution in [2.75, 3.05) is 25.7 Å². The topological polar surface area (TPSA) is 79.2 Å². The Bertz CT molecular complexity index is 772. The molecule has 0 fully saturated rings. The molecule has 0 amide bonds. The zero-order valence-corrected chi connectivity index (χ0v) is 18.5. The molecule has 0 bridgehead atoms. The molecular formula is C21H25Cl3O5. The Balaban J connectivity index is 2.19. The summed E-state index contributed by atoms with van der Waals surface area (Å²) in [5.41, 5.74) is 1.48. The van der Waals surface area contributed by atoms with Gasteiger partial charge in [0.15, 0.2) is 5.75 Å². The molecule has 5 nitrogen and oxygen atoms in total. The Kier molecular flexibility index (Phi) is 8.89. The van der Waals surface area contributed by atoms with Crippen molar-refractivity contribution < 1.29 is 24.8 Å². The lowest BCUT2D eigenvalue weighted by atomic mass is 9.78. The quantitative estimate of drug-likeness (QED) is 0.464. The first-order chi connectivity index (χ1) is 13.7. The molecule has 29 heavy (non-hydrogen) atoms. The zero-order valence-electron chi connectivity index (χ0n) is 16.2. The molecule has 0 saturated heterocycles. The minimum Gasteiger partial charge on any atom is -0.491 e. The van der Waals surface area contributed by atoms with Gasteiger partial charge in [0.2, 0.25) is 0 Å². The van der Waals surface area contributed by atoms with Gasteiger partial charge in [0.1, 0.15) is 31.2 Å². The highest BCUT2D eigenvalue weighted by Gasteiger charge is 2.26. The van der Waals surface area contributed by atoms with Crippen molar-refractivity contribution in [2.24, 2.45) is 0 Å². The van der Waals surface area contributed by atoms with Crippen molar-refractivity contribution in [3.63, 3.8) is 0 Å². The van der Waals surface area contributed by atoms with E-state index in [2.05, 4.69) is 0 Å². The van der Waals surface area contributed by atoms with Crippen molar-refractivity contribution in [1.29, 1.82) is 0 Å². The van der Waals surface area contributed by atoms with E-state index in [1.54, 1.807) is 24.3 Å². The predicted octanol–water partition coefficient (Wildman–Crippen LogP) is 4.03. The third-order valence-corrected chi connectivity index (χ3v) is 5.47. The lowest BCUT2D eigenvalue weighted by molar-refractivity contribution is 0.0536. The minimum absolute atomic E-state index is 0.00187. The fraction of sp³-hybridized carbons (Fsp3) is 0.429. The smallest absolute Gasteiger partial charge is 0.156 e. The van der Waals surface area contributed by atoms with Crippen LogP contribution in [0.4, 0.5) is 0 Å². The molecule has 0 aliphatic heterocycles. The molecule has 3 N–H and O–H groups in total. The SMILES string of the molecule is CC(C)(c1ccc(OC[C@@H](O)CO)cc1)c1cc(Cl)c(OC[C@@H](O)CCl)c(Cl)c1. The van der Waals surface area contributed by atoms with Crippen LogP contribution < -0.4 is 9.47 Å². The average molecular weight is 464 g/mol. The molecule has 8 heteroatoms. The van der Waals surface area contributed by atoms with E-state index in [9.17, 15) is 10.2 Å². The van der Waals surface area contributed by atoms with Gasteiger partial charge in [-0.05, 0) is 35.4 Å². The fourth-order valence-corrected chi connectivity index (χ4v) is 3.35. The summed E-state index contributed by atoms with van der Waals surface area (Å²) in [7, 11) is 0. The van der Waals surface area contributed by atoms with Crippen molar-refractivity contribution >= 4 is 34.8 Å². The number of aliphatic hydroxyl groups excluding tert-OH is 3. The zero-order chi connectivity index (χ0) is 21.6. The van der Waals surface area contributed by atoms with E-state index in [-0.39, 0.29) is 25.7 Å². The number of rotatable bonds is 10. The second kappa shape index (κ2) is 10.7. The van der Waals surface area contributed by atoms with Crippen LogP contribution in [0.5, 0.6) is 11.5 Å². The summed E-state index contributed by atoms with van der Waals surface area (Å²) in [6.07, 6.45) is -1.72. The van der Waals surface area contributed by atoms with Crippen LogP contribution >= 0.6 is 34.8 Å². The van der Waals surface area contributed by atoms with Gasteiger partial charge < -0.3 is 24.8 Å². The van der Waals surface area contributed by atoms with E-state index in [1.807, 2.05) is 26.0 Å². The van der Waals surface area contributed by atoms with Crippen LogP contribution in [0.1, 0.15) is 25.0 Å². The van der Waals surface area contributed by atoms with E-state index < -0.39 is 17.6 Å². The standard InChI is InChI=1S/C21H25Cl3O5/c1-21(2,13-3-5-17(6-4-13)28-12-16(27)10-25)14-7-18(23)20(19(24)8-14)29-11-15(26)9-22/h3-8,15-16,25-27H,9-12H2,1-2H3/t15-,16-/m0/s1. The number of benzene rings is 2. The second-order valence-electron chi connectivity index (χ2n) is 7.18. The van der Waals surface area contributed by atoms with Crippen LogP contribution in [0.25, 0.3) is 0 Å². The maximum absolute atomic E-state index is 9.56. The summed E-state index contributed by atoms with van der Waals surface area (Å²) in [4.78, 5) is 0. The summed E-state index contributed by atoms with van der Waals surface area (Å²) in [6.45, 7) is 3.75. The molecule has 0 radical (unpaired) electrons. The summed E-state index contributed by atoms with van der Waals surface area (Å²) in [5.74, 6) is 0.955. The molecule has 0 saturated carbocycles. The largest absolute Gasteiger partial charge is 0.491 e. The molecule has 0 spiro atoms. The molecule has 0 heterocycles. The highest BCUT2D eigenvalue weighted by Crippen LogP contribution is 2.40. The van der Waals surface area contributed by atoms with Gasteiger partial charge in [-0.1, -0.05) is 49.2 Å². The van der Waals surface area contributed by atoms with Crippen molar-refractivity contribution in [1.82, 2.24) is 0 Å². The van der Waals surface area contributed by atoms with E-state index in [0.717, 1.165) is 11.1 Å². The molecular weight excluding hydrogens is 439 g/mol. The van der Waals surface area contributed by atoms with Crippen molar-refractivity contribution in [3.8, 4) is 11.5 Å². The van der Waals surface area contributed by atoms with Gasteiger partial charge in [-0.25, -0.2) is 0 Å². The van der Waals surface area contributed by atoms with Crippen LogP contribution in [-0.4, -0.2) is 53.2 Å². The van der Waals surface area contributed by atoms with Crippen LogP contribution in [0.2, 0.25) is 10.0 Å². The molecule has 0 unspecified atom stereocenters. The summed E-state index contributed by atoms with van der Waals surface area (Å²) in [6, 6.07) is 11.0. The highest BCUT2D eigenvalue weighted by atomic mass is 35.5. The van der Waals surface area contributed by atoms with Crippen LogP contribution in [0, 0.1) is 0 Å². The van der Waals surface area contributed by atoms with E-state index in [1.165, 1.54) is 0 Å². The van der Waals surface area contributed by atoms with Crippen LogP contribution in [0.15, 0.2) is 36.4 Å². The Morgan fingerprint density at radius 3 is 1.97 bits per heavy atom. The van der Waals surface area contributed by atoms with Gasteiger partial charge in [0.25, 0.3) is 0 Å². The Labute approximate surface area is 185 Å². The lowest BCUT2D eigenvalue weighted by Gasteiger charge is -2.27. The monoisotopic (exact) mass is 462 g/mol. The maximum Gasteiger partial charge on any atom is 0.156 e. The van der Waals surface area contributed by atoms with Gasteiger partial charge in [0, 0.05) is 5.41 Å². The molecule has 2 aromatic rings. The second-order valence-corrected chi connectivity index (χ2v) is 8.31. The minimum atomic E-state index is -0.915. The Hall–Kier alpha value is -1.21. The first kappa shape index (κ1) is 24.1. The van der Waals surface area contributed by atoms with E-state index >= 15 is 0 Å². The molecule has 0 aliphatic carbocycles. The van der Waals surface area contributed by atoms with Gasteiger partial charge in [-0.15, -0.1) is 11.6 Å². The Morgan fingerprint density at radius 2 is 1.45 bits per heavy atom. The van der Waals surface area contributed by atoms with E-state index in [0.29, 0.717) is 21.5 Å². The lowest BCUT2D eigenvalue weighted by Crippen LogP contribution is -2.22. The first-order valence-electron chi connectivity index (χ1n) is 9.07. The van der Waals surface area contributed by atoms with Gasteiger partial charge in [-0.2, -0.15) is 0 Å². The number of alkyl halides is 1. The Morgan fingerprint density at radius 1 is 0.897 bits per heavy atom. The number of hydrogen-bond donors (Lipinski definition) is 3. The first-order valence-corrected chi connectivity index (χ1v) is 10.4. The molecule has 160 valence electrons. The van der Waals surface area contributed by atoms with Crippen molar-refractivity contribution in [2.45, 2.75) is 31.5 Å². The number of hydrogen-bond acceptors (Lipinski definition) is 5. The van der Waals surface area contributed by atoms with Gasteiger partial charge >= 0.3 is 0 Å². The molecule has 2 aromatic carbocycles. The molecule has 0 aliphatic rings. The van der Waals surface area contributed by atoms with Gasteiger partial charge in [0.05, 0.1) is 22.5 Å². The number of ether oxygens (including phenoxy) is 2. The normalized spacial score (nSPS) is 13.8. The summed E-state index contributed by atoms with van der Waals surface area (Å²) >= 11 is 18.3. The summed E-state index contributed by atoms with van der Waals surface area (Å²) < 4.78 is 11.0. The van der Waals surface area contributed by atoms with E-state index in [4.69, 9.17) is 49.4 Å². The third kappa shape index (κ3) is 6.38. The fourth-order valence-electron chi connectivity index (χ4n) is 2.66. The summed E-state index contributed by atoms with van der Waals surface area (Å²) in [5, 5.41) is 28.5. The van der Waals surface area contributed by atoms with Crippen LogP contribution in [-0.2, 0) is 5.41 Å². The van der Waals surface area contributed by atoms with Crippen molar-refractivity contribution in [3.05, 3.63) is 57.6 Å². The average Bonchev–Trinajstić information content (AvgIpc) is 2.71. The molecule has 2 rings (SSSR count). The molecule has 2 atom stereocenters. The number of aliphatic hydroxyl groups is 3. The van der Waals surface area contributed by atoms with Crippen LogP contribution in [0.3, 0.4) is 0 Å². The predicted molar refractivity (Wildman–Crippen MR) is 116 cm³/mol.